The molecule has 0 N–H and O–H groups in total. The van der Waals surface area contributed by atoms with Crippen LogP contribution in [0.5, 0.6) is 0 Å². The molecule has 7 heteroatoms. The van der Waals surface area contributed by atoms with Crippen LogP contribution in [0.15, 0.2) is 54.9 Å². The molecule has 3 aromatic rings. The van der Waals surface area contributed by atoms with Gasteiger partial charge >= 0.3 is 0 Å². The quantitative estimate of drug-likeness (QED) is 0.740. The molecule has 1 heterocycles. The molecule has 0 aliphatic carbocycles. The number of hydrogen-bond donors (Lipinski definition) is 0. The average Bonchev–Trinajstić information content (AvgIpc) is 3.09. The highest BCUT2D eigenvalue weighted by molar-refractivity contribution is 5.37. The predicted octanol–water partition coefficient (Wildman–Crippen LogP) is 3.43. The van der Waals surface area contributed by atoms with Gasteiger partial charge in [0.2, 0.25) is 0 Å². The molecule has 1 atom stereocenters. The summed E-state index contributed by atoms with van der Waals surface area (Å²) in [5, 5.41) is 11.2. The molecule has 2 aromatic carbocycles. The number of aromatic nitrogens is 4. The lowest BCUT2D eigenvalue weighted by molar-refractivity contribution is 0.122. The van der Waals surface area contributed by atoms with Gasteiger partial charge in [0, 0.05) is 0 Å². The van der Waals surface area contributed by atoms with Gasteiger partial charge in [-0.3, -0.25) is 0 Å². The highest BCUT2D eigenvalue weighted by Crippen LogP contribution is 2.42. The third-order valence-corrected chi connectivity index (χ3v) is 3.82. The van der Waals surface area contributed by atoms with E-state index in [4.69, 9.17) is 0 Å². The summed E-state index contributed by atoms with van der Waals surface area (Å²) in [5.41, 5.74) is -1.65. The summed E-state index contributed by atoms with van der Waals surface area (Å²) in [4.78, 5) is 1.13. The molecule has 0 bridgehead atoms. The Bertz CT molecular complexity index is 725. The molecule has 0 fully saturated rings. The zero-order chi connectivity index (χ0) is 16.4. The Labute approximate surface area is 130 Å². The van der Waals surface area contributed by atoms with Crippen molar-refractivity contribution in [3.63, 3.8) is 0 Å². The van der Waals surface area contributed by atoms with Gasteiger partial charge in [0.15, 0.2) is 12.0 Å². The lowest BCUT2D eigenvalue weighted by Crippen LogP contribution is -2.33. The van der Waals surface area contributed by atoms with Crippen LogP contribution < -0.4 is 0 Å². The lowest BCUT2D eigenvalue weighted by atomic mass is 9.82. The van der Waals surface area contributed by atoms with Crippen LogP contribution in [0.2, 0.25) is 0 Å². The van der Waals surface area contributed by atoms with Gasteiger partial charge in [0.05, 0.1) is 0 Å². The van der Waals surface area contributed by atoms with Crippen molar-refractivity contribution in [3.8, 4) is 0 Å². The molecule has 3 rings (SSSR count). The van der Waals surface area contributed by atoms with E-state index in [1.807, 2.05) is 0 Å². The van der Waals surface area contributed by atoms with Crippen molar-refractivity contribution in [2.75, 3.05) is 0 Å². The lowest BCUT2D eigenvalue weighted by Gasteiger charge is -2.31. The minimum absolute atomic E-state index is 0.218. The first-order valence-corrected chi connectivity index (χ1v) is 6.95. The maximum absolute atomic E-state index is 16.1. The monoisotopic (exact) mass is 318 g/mol. The zero-order valence-electron chi connectivity index (χ0n) is 12.2. The molecule has 0 radical (unpaired) electrons. The van der Waals surface area contributed by atoms with Gasteiger partial charge in [-0.25, -0.2) is 13.2 Å². The van der Waals surface area contributed by atoms with Crippen molar-refractivity contribution in [1.29, 1.82) is 0 Å². The first-order chi connectivity index (χ1) is 11.0. The fourth-order valence-electron chi connectivity index (χ4n) is 2.55. The first-order valence-electron chi connectivity index (χ1n) is 6.95. The van der Waals surface area contributed by atoms with Gasteiger partial charge in [-0.2, -0.15) is 4.80 Å². The molecule has 1 unspecified atom stereocenters. The van der Waals surface area contributed by atoms with Crippen LogP contribution in [0.3, 0.4) is 0 Å². The normalized spacial score (nSPS) is 13.0. The van der Waals surface area contributed by atoms with Gasteiger partial charge in [-0.1, -0.05) is 24.3 Å². The van der Waals surface area contributed by atoms with Gasteiger partial charge in [-0.05, 0) is 47.5 Å². The first kappa shape index (κ1) is 15.2. The molecule has 0 saturated heterocycles. The van der Waals surface area contributed by atoms with Gasteiger partial charge in [-0.15, -0.1) is 10.2 Å². The van der Waals surface area contributed by atoms with E-state index in [2.05, 4.69) is 15.4 Å². The SMILES string of the molecule is CC(n1ncnn1)C(F)(c1ccc(F)cc1)c1ccc(F)cc1. The molecule has 0 aliphatic rings. The minimum atomic E-state index is -2.08. The largest absolute Gasteiger partial charge is 0.231 e. The number of halogens is 3. The summed E-state index contributed by atoms with van der Waals surface area (Å²) in [6.45, 7) is 1.58. The third kappa shape index (κ3) is 2.69. The summed E-state index contributed by atoms with van der Waals surface area (Å²) < 4.78 is 42.5. The van der Waals surface area contributed by atoms with Crippen molar-refractivity contribution < 1.29 is 13.2 Å². The Balaban J connectivity index is 2.16. The third-order valence-electron chi connectivity index (χ3n) is 3.82. The Hall–Kier alpha value is -2.70. The molecular formula is C16H13F3N4. The predicted molar refractivity (Wildman–Crippen MR) is 77.2 cm³/mol. The smallest absolute Gasteiger partial charge is 0.184 e. The van der Waals surface area contributed by atoms with Gasteiger partial charge in [0.25, 0.3) is 0 Å². The second-order valence-electron chi connectivity index (χ2n) is 5.16. The van der Waals surface area contributed by atoms with Crippen molar-refractivity contribution in [1.82, 2.24) is 20.2 Å². The van der Waals surface area contributed by atoms with E-state index in [1.54, 1.807) is 6.92 Å². The van der Waals surface area contributed by atoms with E-state index in [9.17, 15) is 8.78 Å². The van der Waals surface area contributed by atoms with Crippen molar-refractivity contribution in [3.05, 3.63) is 77.6 Å². The van der Waals surface area contributed by atoms with Crippen molar-refractivity contribution in [2.24, 2.45) is 0 Å². The summed E-state index contributed by atoms with van der Waals surface area (Å²) in [6.07, 6.45) is 1.20. The fourth-order valence-corrected chi connectivity index (χ4v) is 2.55. The second-order valence-corrected chi connectivity index (χ2v) is 5.16. The van der Waals surface area contributed by atoms with Crippen LogP contribution in [0.25, 0.3) is 0 Å². The van der Waals surface area contributed by atoms with Crippen LogP contribution in [-0.2, 0) is 5.67 Å². The maximum atomic E-state index is 16.1. The van der Waals surface area contributed by atoms with Crippen LogP contribution in [0.4, 0.5) is 13.2 Å². The van der Waals surface area contributed by atoms with E-state index in [1.165, 1.54) is 54.9 Å². The number of benzene rings is 2. The number of rotatable bonds is 4. The van der Waals surface area contributed by atoms with Crippen LogP contribution in [-0.4, -0.2) is 20.2 Å². The summed E-state index contributed by atoms with van der Waals surface area (Å²) in [5.74, 6) is -0.941. The van der Waals surface area contributed by atoms with E-state index in [-0.39, 0.29) is 11.1 Å². The van der Waals surface area contributed by atoms with E-state index >= 15 is 4.39 Å². The maximum Gasteiger partial charge on any atom is 0.184 e. The summed E-state index contributed by atoms with van der Waals surface area (Å²) >= 11 is 0. The molecule has 1 aromatic heterocycles. The Morgan fingerprint density at radius 1 is 0.913 bits per heavy atom. The molecule has 0 saturated carbocycles. The summed E-state index contributed by atoms with van der Waals surface area (Å²) in [6, 6.07) is 9.24. The molecule has 0 amide bonds. The number of alkyl halides is 1. The number of nitrogens with zero attached hydrogens (tertiary/aromatic N) is 4. The van der Waals surface area contributed by atoms with Gasteiger partial charge in [0.1, 0.15) is 17.7 Å². The zero-order valence-corrected chi connectivity index (χ0v) is 12.2. The Kier molecular flexibility index (Phi) is 3.85. The highest BCUT2D eigenvalue weighted by Gasteiger charge is 2.42. The minimum Gasteiger partial charge on any atom is -0.231 e. The topological polar surface area (TPSA) is 43.6 Å². The Morgan fingerprint density at radius 3 is 1.78 bits per heavy atom. The van der Waals surface area contributed by atoms with Crippen molar-refractivity contribution in [2.45, 2.75) is 18.6 Å². The molecule has 4 nitrogen and oxygen atoms in total. The highest BCUT2D eigenvalue weighted by atomic mass is 19.1. The van der Waals surface area contributed by atoms with E-state index in [0.29, 0.717) is 0 Å². The molecular weight excluding hydrogens is 305 g/mol. The number of tetrazole rings is 1. The number of hydrogen-bond acceptors (Lipinski definition) is 3. The standard InChI is InChI=1S/C16H13F3N4/c1-11(23-21-10-20-22-23)16(19,12-2-6-14(17)7-3-12)13-4-8-15(18)9-5-13/h2-11H,1H3. The van der Waals surface area contributed by atoms with Gasteiger partial charge < -0.3 is 0 Å². The van der Waals surface area contributed by atoms with Crippen LogP contribution in [0, 0.1) is 11.6 Å². The molecule has 118 valence electrons. The molecule has 0 aliphatic heterocycles. The van der Waals surface area contributed by atoms with Crippen LogP contribution >= 0.6 is 0 Å². The fraction of sp³-hybridized carbons (Fsp3) is 0.188. The molecule has 0 spiro atoms. The summed E-state index contributed by atoms with van der Waals surface area (Å²) in [7, 11) is 0. The van der Waals surface area contributed by atoms with Crippen molar-refractivity contribution >= 4 is 0 Å². The Morgan fingerprint density at radius 2 is 1.39 bits per heavy atom. The van der Waals surface area contributed by atoms with Crippen LogP contribution in [0.1, 0.15) is 24.1 Å². The van der Waals surface area contributed by atoms with E-state index < -0.39 is 23.3 Å². The average molecular weight is 318 g/mol. The van der Waals surface area contributed by atoms with E-state index in [0.717, 1.165) is 4.80 Å². The molecule has 23 heavy (non-hydrogen) atoms. The second kappa shape index (κ2) is 5.83.